The lowest BCUT2D eigenvalue weighted by Gasteiger charge is -2.18. The number of isocyanates is 1. The molecule has 0 aliphatic heterocycles. The van der Waals surface area contributed by atoms with E-state index in [1.165, 1.54) is 13.0 Å². The fourth-order valence-electron chi connectivity index (χ4n) is 1.81. The molecule has 0 rings (SSSR count). The summed E-state index contributed by atoms with van der Waals surface area (Å²) in [7, 11) is 0. The molecule has 0 saturated heterocycles. The van der Waals surface area contributed by atoms with Gasteiger partial charge in [-0.1, -0.05) is 32.6 Å². The molecule has 0 unspecified atom stereocenters. The Balaban J connectivity index is 4.17. The maximum atomic E-state index is 11.5. The summed E-state index contributed by atoms with van der Waals surface area (Å²) in [6, 6.07) is 0. The first-order valence-electron chi connectivity index (χ1n) is 7.28. The van der Waals surface area contributed by atoms with Crippen molar-refractivity contribution in [2.24, 2.45) is 4.99 Å². The molecule has 6 nitrogen and oxygen atoms in total. The fraction of sp³-hybridized carbons (Fsp3) is 0.733. The second-order valence-corrected chi connectivity index (χ2v) is 4.98. The van der Waals surface area contributed by atoms with E-state index in [0.717, 1.165) is 31.8 Å². The maximum Gasteiger partial charge on any atom is 0.333 e. The van der Waals surface area contributed by atoms with Gasteiger partial charge in [-0.05, 0) is 19.4 Å². The van der Waals surface area contributed by atoms with Gasteiger partial charge in [0.25, 0.3) is 0 Å². The molecule has 0 saturated carbocycles. The molecule has 120 valence electrons. The Hall–Kier alpha value is -1.49. The third kappa shape index (κ3) is 10.9. The second kappa shape index (κ2) is 11.2. The number of aliphatic imine (C=N–C) groups is 1. The zero-order valence-corrected chi connectivity index (χ0v) is 12.8. The van der Waals surface area contributed by atoms with Crippen LogP contribution >= 0.6 is 0 Å². The Morgan fingerprint density at radius 1 is 1.29 bits per heavy atom. The predicted octanol–water partition coefficient (Wildman–Crippen LogP) is 1.85. The highest BCUT2D eigenvalue weighted by Crippen LogP contribution is 2.17. The van der Waals surface area contributed by atoms with Crippen LogP contribution in [0.4, 0.5) is 0 Å². The molecular formula is C15H25NO5. The lowest BCUT2D eigenvalue weighted by molar-refractivity contribution is -0.141. The number of carbonyl (C=O) groups excluding carboxylic acids is 2. The van der Waals surface area contributed by atoms with Gasteiger partial charge >= 0.3 is 5.97 Å². The topological polar surface area (TPSA) is 96.2 Å². The van der Waals surface area contributed by atoms with E-state index in [0.29, 0.717) is 6.42 Å². The van der Waals surface area contributed by atoms with Gasteiger partial charge in [-0.25, -0.2) is 14.6 Å². The van der Waals surface area contributed by atoms with Crippen LogP contribution in [-0.4, -0.2) is 41.2 Å². The minimum absolute atomic E-state index is 0.0415. The lowest BCUT2D eigenvalue weighted by atomic mass is 10.0. The Kier molecular flexibility index (Phi) is 10.4. The van der Waals surface area contributed by atoms with Gasteiger partial charge in [0.2, 0.25) is 6.08 Å². The number of rotatable bonds is 11. The van der Waals surface area contributed by atoms with Crippen molar-refractivity contribution in [3.8, 4) is 0 Å². The van der Waals surface area contributed by atoms with Crippen molar-refractivity contribution in [2.75, 3.05) is 13.2 Å². The van der Waals surface area contributed by atoms with E-state index in [9.17, 15) is 19.8 Å². The molecule has 0 heterocycles. The van der Waals surface area contributed by atoms with Gasteiger partial charge in [0.1, 0.15) is 6.61 Å². The highest BCUT2D eigenvalue weighted by atomic mass is 16.5. The molecular weight excluding hydrogens is 274 g/mol. The van der Waals surface area contributed by atoms with Crippen LogP contribution in [0.25, 0.3) is 0 Å². The quantitative estimate of drug-likeness (QED) is 0.152. The molecule has 0 aromatic carbocycles. The minimum Gasteiger partial charge on any atom is -0.460 e. The van der Waals surface area contributed by atoms with Crippen molar-refractivity contribution < 1.29 is 24.5 Å². The van der Waals surface area contributed by atoms with Crippen LogP contribution in [0.2, 0.25) is 0 Å². The fourth-order valence-corrected chi connectivity index (χ4v) is 1.81. The van der Waals surface area contributed by atoms with Crippen molar-refractivity contribution >= 4 is 12.0 Å². The van der Waals surface area contributed by atoms with Gasteiger partial charge in [0.05, 0.1) is 6.54 Å². The minimum atomic E-state index is -2.00. The molecule has 0 aromatic heterocycles. The van der Waals surface area contributed by atoms with E-state index in [1.807, 2.05) is 0 Å². The highest BCUT2D eigenvalue weighted by Gasteiger charge is 2.21. The van der Waals surface area contributed by atoms with Crippen LogP contribution in [0.1, 0.15) is 52.4 Å². The predicted molar refractivity (Wildman–Crippen MR) is 78.2 cm³/mol. The Labute approximate surface area is 125 Å². The Morgan fingerprint density at radius 3 is 2.57 bits per heavy atom. The highest BCUT2D eigenvalue weighted by molar-refractivity contribution is 5.87. The Morgan fingerprint density at radius 2 is 1.95 bits per heavy atom. The third-order valence-electron chi connectivity index (χ3n) is 2.92. The average Bonchev–Trinajstić information content (AvgIpc) is 2.42. The van der Waals surface area contributed by atoms with E-state index < -0.39 is 11.8 Å². The molecule has 0 fully saturated rings. The van der Waals surface area contributed by atoms with Gasteiger partial charge in [-0.3, -0.25) is 0 Å². The number of unbranched alkanes of at least 4 members (excludes halogenated alkanes) is 4. The van der Waals surface area contributed by atoms with Gasteiger partial charge < -0.3 is 14.9 Å². The number of nitrogens with zero attached hydrogens (tertiary/aromatic N) is 1. The summed E-state index contributed by atoms with van der Waals surface area (Å²) in [5, 5.41) is 19.6. The van der Waals surface area contributed by atoms with Crippen molar-refractivity contribution in [2.45, 2.75) is 58.2 Å². The van der Waals surface area contributed by atoms with Crippen LogP contribution in [0.15, 0.2) is 16.6 Å². The molecule has 0 amide bonds. The SMILES string of the molecule is CCCCCCCC(O)(O)/C=C(\C)C(=O)OCCN=C=O. The smallest absolute Gasteiger partial charge is 0.333 e. The van der Waals surface area contributed by atoms with Gasteiger partial charge in [-0.2, -0.15) is 0 Å². The van der Waals surface area contributed by atoms with Crippen LogP contribution in [0.5, 0.6) is 0 Å². The van der Waals surface area contributed by atoms with E-state index >= 15 is 0 Å². The van der Waals surface area contributed by atoms with E-state index in [1.54, 1.807) is 0 Å². The summed E-state index contributed by atoms with van der Waals surface area (Å²) < 4.78 is 4.81. The normalized spacial score (nSPS) is 11.9. The number of aliphatic hydroxyl groups is 2. The first-order valence-corrected chi connectivity index (χ1v) is 7.28. The molecule has 0 aliphatic rings. The summed E-state index contributed by atoms with van der Waals surface area (Å²) in [4.78, 5) is 24.6. The number of ether oxygens (including phenoxy) is 1. The number of hydrogen-bond acceptors (Lipinski definition) is 6. The van der Waals surface area contributed by atoms with Crippen LogP contribution in [-0.2, 0) is 14.3 Å². The van der Waals surface area contributed by atoms with Crippen LogP contribution < -0.4 is 0 Å². The molecule has 0 radical (unpaired) electrons. The first kappa shape index (κ1) is 19.5. The Bertz CT molecular complexity index is 384. The standard InChI is InChI=1S/C15H25NO5/c1-3-4-5-6-7-8-15(19,20)11-13(2)14(18)21-10-9-16-12-17/h11,19-20H,3-10H2,1-2H3/b13-11+. The maximum absolute atomic E-state index is 11.5. The number of esters is 1. The molecule has 0 aromatic rings. The molecule has 0 atom stereocenters. The summed E-state index contributed by atoms with van der Waals surface area (Å²) >= 11 is 0. The zero-order valence-electron chi connectivity index (χ0n) is 12.8. The molecule has 21 heavy (non-hydrogen) atoms. The third-order valence-corrected chi connectivity index (χ3v) is 2.92. The van der Waals surface area contributed by atoms with Crippen LogP contribution in [0, 0.1) is 0 Å². The van der Waals surface area contributed by atoms with E-state index in [2.05, 4.69) is 11.9 Å². The van der Waals surface area contributed by atoms with E-state index in [-0.39, 0.29) is 25.1 Å². The second-order valence-electron chi connectivity index (χ2n) is 4.98. The monoisotopic (exact) mass is 299 g/mol. The molecule has 0 bridgehead atoms. The molecule has 6 heteroatoms. The van der Waals surface area contributed by atoms with Gasteiger partial charge in [0.15, 0.2) is 5.79 Å². The summed E-state index contributed by atoms with van der Waals surface area (Å²) in [5.74, 6) is -2.66. The van der Waals surface area contributed by atoms with Gasteiger partial charge in [0, 0.05) is 12.0 Å². The van der Waals surface area contributed by atoms with Gasteiger partial charge in [-0.15, -0.1) is 0 Å². The number of hydrogen-bond donors (Lipinski definition) is 2. The van der Waals surface area contributed by atoms with Crippen molar-refractivity contribution in [3.63, 3.8) is 0 Å². The summed E-state index contributed by atoms with van der Waals surface area (Å²) in [6.07, 6.45) is 7.54. The number of carbonyl (C=O) groups is 1. The van der Waals surface area contributed by atoms with Crippen molar-refractivity contribution in [1.82, 2.24) is 0 Å². The zero-order chi connectivity index (χ0) is 16.1. The largest absolute Gasteiger partial charge is 0.460 e. The summed E-state index contributed by atoms with van der Waals surface area (Å²) in [5.41, 5.74) is 0.114. The first-order chi connectivity index (χ1) is 9.93. The van der Waals surface area contributed by atoms with Crippen molar-refractivity contribution in [1.29, 1.82) is 0 Å². The van der Waals surface area contributed by atoms with E-state index in [4.69, 9.17) is 4.74 Å². The van der Waals surface area contributed by atoms with Crippen molar-refractivity contribution in [3.05, 3.63) is 11.6 Å². The van der Waals surface area contributed by atoms with Crippen LogP contribution in [0.3, 0.4) is 0 Å². The molecule has 0 aliphatic carbocycles. The molecule has 2 N–H and O–H groups in total. The lowest BCUT2D eigenvalue weighted by Crippen LogP contribution is -2.26. The average molecular weight is 299 g/mol. The summed E-state index contributed by atoms with van der Waals surface area (Å²) in [6.45, 7) is 3.56. The molecule has 0 spiro atoms.